The third-order valence-electron chi connectivity index (χ3n) is 5.27. The summed E-state index contributed by atoms with van der Waals surface area (Å²) in [7, 11) is 4.99. The molecule has 5 atom stereocenters. The average molecular weight is 495 g/mol. The summed E-state index contributed by atoms with van der Waals surface area (Å²) in [6.07, 6.45) is -8.70. The molecule has 2 rings (SSSR count). The molecule has 0 saturated carbocycles. The van der Waals surface area contributed by atoms with Gasteiger partial charge in [-0.05, 0) is 44.9 Å². The number of nitrogens with one attached hydrogen (secondary N) is 1. The predicted octanol–water partition coefficient (Wildman–Crippen LogP) is -0.302. The van der Waals surface area contributed by atoms with E-state index < -0.39 is 54.1 Å². The lowest BCUT2D eigenvalue weighted by atomic mass is 9.99. The van der Waals surface area contributed by atoms with E-state index in [9.17, 15) is 34.8 Å². The van der Waals surface area contributed by atoms with E-state index in [1.54, 1.807) is 0 Å². The molecule has 5 N–H and O–H groups in total. The summed E-state index contributed by atoms with van der Waals surface area (Å²) in [6.45, 7) is 6.11. The number of hydrogen-bond acceptors (Lipinski definition) is 10. The Morgan fingerprint density at radius 2 is 1.83 bits per heavy atom. The molecule has 0 unspecified atom stereocenters. The highest BCUT2D eigenvalue weighted by molar-refractivity contribution is 6.55. The van der Waals surface area contributed by atoms with Gasteiger partial charge in [-0.25, -0.2) is 4.79 Å². The van der Waals surface area contributed by atoms with Gasteiger partial charge in [-0.3, -0.25) is 9.59 Å². The summed E-state index contributed by atoms with van der Waals surface area (Å²) in [5.41, 5.74) is -0.144. The number of hydrogen-bond donors (Lipinski definition) is 5. The lowest BCUT2D eigenvalue weighted by molar-refractivity contribution is -0.271. The Hall–Kier alpha value is -2.71. The number of rotatable bonds is 11. The van der Waals surface area contributed by atoms with Crippen molar-refractivity contribution in [1.29, 1.82) is 0 Å². The van der Waals surface area contributed by atoms with Crippen molar-refractivity contribution in [2.75, 3.05) is 13.2 Å². The minimum Gasteiger partial charge on any atom is -0.479 e. The second-order valence-corrected chi connectivity index (χ2v) is 8.49. The lowest BCUT2D eigenvalue weighted by Gasteiger charge is -2.38. The zero-order valence-electron chi connectivity index (χ0n) is 19.7. The second kappa shape index (κ2) is 12.3. The molecule has 1 aliphatic rings. The van der Waals surface area contributed by atoms with Crippen LogP contribution in [0.3, 0.4) is 0 Å². The highest BCUT2D eigenvalue weighted by Crippen LogP contribution is 2.28. The monoisotopic (exact) mass is 495 g/mol. The summed E-state index contributed by atoms with van der Waals surface area (Å²) >= 11 is 0. The number of aliphatic hydroxyl groups is 3. The van der Waals surface area contributed by atoms with Crippen LogP contribution in [-0.2, 0) is 25.6 Å². The first-order valence-electron chi connectivity index (χ1n) is 10.9. The van der Waals surface area contributed by atoms with Crippen LogP contribution in [0.25, 0.3) is 0 Å². The molecule has 12 nitrogen and oxygen atoms in total. The number of carboxylic acids is 1. The first-order valence-corrected chi connectivity index (χ1v) is 10.9. The van der Waals surface area contributed by atoms with Crippen molar-refractivity contribution in [2.45, 2.75) is 70.1 Å². The van der Waals surface area contributed by atoms with E-state index in [0.717, 1.165) is 0 Å². The zero-order chi connectivity index (χ0) is 26.3. The normalized spacial score (nSPS) is 24.5. The zero-order valence-corrected chi connectivity index (χ0v) is 19.7. The first-order chi connectivity index (χ1) is 16.4. The van der Waals surface area contributed by atoms with Gasteiger partial charge in [-0.2, -0.15) is 0 Å². The first kappa shape index (κ1) is 28.5. The van der Waals surface area contributed by atoms with Crippen LogP contribution in [0.1, 0.15) is 43.1 Å². The van der Waals surface area contributed by atoms with Crippen LogP contribution in [0.5, 0.6) is 5.75 Å². The van der Waals surface area contributed by atoms with Gasteiger partial charge in [0.15, 0.2) is 6.10 Å². The third kappa shape index (κ3) is 7.90. The number of carboxylic acid groups (broad SMARTS) is 1. The van der Waals surface area contributed by atoms with E-state index in [-0.39, 0.29) is 24.5 Å². The van der Waals surface area contributed by atoms with Gasteiger partial charge in [0.1, 0.15) is 30.7 Å². The molecule has 0 aliphatic carbocycles. The third-order valence-corrected chi connectivity index (χ3v) is 5.27. The minimum atomic E-state index is -1.90. The number of carbonyl (C=O) groups excluding carboxylic acids is 2. The van der Waals surface area contributed by atoms with Gasteiger partial charge in [-0.1, -0.05) is 6.07 Å². The van der Waals surface area contributed by atoms with Gasteiger partial charge < -0.3 is 44.7 Å². The molecule has 1 aliphatic heterocycles. The van der Waals surface area contributed by atoms with Crippen molar-refractivity contribution in [3.05, 3.63) is 29.3 Å². The van der Waals surface area contributed by atoms with E-state index in [2.05, 4.69) is 5.32 Å². The van der Waals surface area contributed by atoms with Crippen molar-refractivity contribution in [3.63, 3.8) is 0 Å². The van der Waals surface area contributed by atoms with Gasteiger partial charge in [0.25, 0.3) is 5.91 Å². The SMILES string of the molecule is [B]C(=O)OCc1ccc(O[C@@H]2O[C@H](C(=O)O)[C@@H](O)[C@H](O)[C@H]2O)c(C(=O)NCCC(C)(C)OCC)c1. The van der Waals surface area contributed by atoms with E-state index in [4.69, 9.17) is 26.8 Å². The van der Waals surface area contributed by atoms with Crippen molar-refractivity contribution >= 4 is 25.6 Å². The van der Waals surface area contributed by atoms with E-state index in [1.807, 2.05) is 20.8 Å². The molecular formula is C22H30BNO11. The molecule has 0 aromatic heterocycles. The minimum absolute atomic E-state index is 0.0481. The van der Waals surface area contributed by atoms with Gasteiger partial charge in [0.05, 0.1) is 11.2 Å². The number of benzene rings is 1. The fourth-order valence-corrected chi connectivity index (χ4v) is 3.41. The Bertz CT molecular complexity index is 909. The number of ether oxygens (including phenoxy) is 4. The molecule has 0 spiro atoms. The maximum absolute atomic E-state index is 13.0. The van der Waals surface area contributed by atoms with Crippen molar-refractivity contribution in [3.8, 4) is 5.75 Å². The van der Waals surface area contributed by atoms with Crippen LogP contribution in [0, 0.1) is 0 Å². The van der Waals surface area contributed by atoms with E-state index in [0.29, 0.717) is 18.6 Å². The van der Waals surface area contributed by atoms with Crippen LogP contribution in [0.4, 0.5) is 4.79 Å². The Morgan fingerprint density at radius 1 is 1.14 bits per heavy atom. The summed E-state index contributed by atoms with van der Waals surface area (Å²) in [4.78, 5) is 35.2. The van der Waals surface area contributed by atoms with E-state index in [1.165, 1.54) is 18.2 Å². The summed E-state index contributed by atoms with van der Waals surface area (Å²) < 4.78 is 21.0. The van der Waals surface area contributed by atoms with Gasteiger partial charge in [0, 0.05) is 13.2 Å². The quantitative estimate of drug-likeness (QED) is 0.254. The molecule has 1 saturated heterocycles. The van der Waals surface area contributed by atoms with Crippen molar-refractivity contribution in [2.24, 2.45) is 0 Å². The lowest BCUT2D eigenvalue weighted by Crippen LogP contribution is -2.61. The molecule has 2 radical (unpaired) electrons. The molecule has 192 valence electrons. The summed E-state index contributed by atoms with van der Waals surface area (Å²) in [6, 6.07) is 4.13. The molecule has 1 aromatic carbocycles. The molecule has 0 bridgehead atoms. The summed E-state index contributed by atoms with van der Waals surface area (Å²) in [5, 5.41) is 42.0. The Balaban J connectivity index is 2.26. The Morgan fingerprint density at radius 3 is 2.43 bits per heavy atom. The predicted molar refractivity (Wildman–Crippen MR) is 120 cm³/mol. The van der Waals surface area contributed by atoms with Crippen molar-refractivity contribution < 1.29 is 53.8 Å². The summed E-state index contributed by atoms with van der Waals surface area (Å²) in [5.74, 6) is -3.30. The van der Waals surface area contributed by atoms with Crippen LogP contribution in [-0.4, -0.2) is 95.5 Å². The largest absolute Gasteiger partial charge is 0.479 e. The Kier molecular flexibility index (Phi) is 10.0. The highest BCUT2D eigenvalue weighted by atomic mass is 16.7. The molecule has 13 heteroatoms. The number of carbonyl (C=O) groups is 3. The standard InChI is InChI=1S/C22H30BNO11/c1-4-33-22(2,3)7-8-24-18(28)12-9-11(10-32-21(23)31)5-6-13(12)34-20-16(27)14(25)15(26)17(35-20)19(29)30/h5-6,9,14-17,20,25-27H,4,7-8,10H2,1-3H3,(H,24,28)(H,29,30)/t14-,15-,16+,17-,20+/m0/s1. The van der Waals surface area contributed by atoms with E-state index >= 15 is 0 Å². The van der Waals surface area contributed by atoms with Gasteiger partial charge >= 0.3 is 5.97 Å². The molecule has 1 amide bonds. The van der Waals surface area contributed by atoms with Crippen LogP contribution in [0.15, 0.2) is 18.2 Å². The maximum Gasteiger partial charge on any atom is 0.335 e. The molecule has 35 heavy (non-hydrogen) atoms. The fourth-order valence-electron chi connectivity index (χ4n) is 3.41. The Labute approximate surface area is 203 Å². The highest BCUT2D eigenvalue weighted by Gasteiger charge is 2.48. The fraction of sp³-hybridized carbons (Fsp3) is 0.591. The number of amides is 1. The smallest absolute Gasteiger partial charge is 0.335 e. The molecule has 1 fully saturated rings. The van der Waals surface area contributed by atoms with Gasteiger partial charge in [-0.15, -0.1) is 0 Å². The maximum atomic E-state index is 13.0. The number of aliphatic hydroxyl groups excluding tert-OH is 3. The van der Waals surface area contributed by atoms with Crippen molar-refractivity contribution in [1.82, 2.24) is 5.32 Å². The van der Waals surface area contributed by atoms with Gasteiger partial charge in [0.2, 0.25) is 20.0 Å². The second-order valence-electron chi connectivity index (χ2n) is 8.49. The number of aliphatic carboxylic acids is 1. The van der Waals surface area contributed by atoms with Crippen LogP contribution >= 0.6 is 0 Å². The molecule has 1 aromatic rings. The molecule has 1 heterocycles. The average Bonchev–Trinajstić information content (AvgIpc) is 2.77. The topological polar surface area (TPSA) is 181 Å². The van der Waals surface area contributed by atoms with Crippen LogP contribution in [0.2, 0.25) is 0 Å². The van der Waals surface area contributed by atoms with Crippen LogP contribution < -0.4 is 10.1 Å². The molecular weight excluding hydrogens is 465 g/mol.